The van der Waals surface area contributed by atoms with E-state index in [4.69, 9.17) is 6.42 Å². The highest BCUT2D eigenvalue weighted by Crippen LogP contribution is 2.19. The quantitative estimate of drug-likeness (QED) is 0.864. The van der Waals surface area contributed by atoms with Crippen molar-refractivity contribution in [2.45, 2.75) is 4.90 Å². The molecule has 0 aliphatic rings. The van der Waals surface area contributed by atoms with Crippen LogP contribution in [0.4, 0.5) is 0 Å². The molecule has 0 radical (unpaired) electrons. The molecule has 0 atom stereocenters. The van der Waals surface area contributed by atoms with Crippen molar-refractivity contribution < 1.29 is 8.42 Å². The van der Waals surface area contributed by atoms with E-state index in [1.54, 1.807) is 30.4 Å². The van der Waals surface area contributed by atoms with Gasteiger partial charge < -0.3 is 0 Å². The van der Waals surface area contributed by atoms with Gasteiger partial charge in [-0.2, -0.15) is 5.10 Å². The Morgan fingerprint density at radius 1 is 1.19 bits per heavy atom. The Bertz CT molecular complexity index is 854. The van der Waals surface area contributed by atoms with Crippen LogP contribution in [0.2, 0.25) is 0 Å². The smallest absolute Gasteiger partial charge is 0.264 e. The molecule has 0 bridgehead atoms. The summed E-state index contributed by atoms with van der Waals surface area (Å²) < 4.78 is 24.1. The van der Waals surface area contributed by atoms with Crippen LogP contribution in [0.5, 0.6) is 0 Å². The lowest BCUT2D eigenvalue weighted by Gasteiger charge is -2.04. The van der Waals surface area contributed by atoms with Gasteiger partial charge in [-0.05, 0) is 23.8 Å². The monoisotopic (exact) mass is 300 g/mol. The van der Waals surface area contributed by atoms with Crippen LogP contribution in [0.15, 0.2) is 46.1 Å². The number of hydrogen-bond donors (Lipinski definition) is 1. The highest BCUT2D eigenvalue weighted by atomic mass is 32.2. The molecule has 1 aromatic heterocycles. The first-order chi connectivity index (χ1) is 10.0. The molecular formula is C15H12N2O3S. The molecule has 1 aromatic carbocycles. The molecule has 0 spiro atoms. The lowest BCUT2D eigenvalue weighted by atomic mass is 10.2. The van der Waals surface area contributed by atoms with Crippen molar-refractivity contribution in [3.8, 4) is 12.3 Å². The van der Waals surface area contributed by atoms with E-state index in [0.717, 1.165) is 0 Å². The number of rotatable bonds is 4. The van der Waals surface area contributed by atoms with Gasteiger partial charge in [-0.1, -0.05) is 30.2 Å². The Kier molecular flexibility index (Phi) is 4.36. The molecule has 106 valence electrons. The van der Waals surface area contributed by atoms with Crippen molar-refractivity contribution in [3.63, 3.8) is 0 Å². The summed E-state index contributed by atoms with van der Waals surface area (Å²) in [5, 5.41) is 6.12. The molecule has 1 N–H and O–H groups in total. The van der Waals surface area contributed by atoms with Crippen molar-refractivity contribution in [2.24, 2.45) is 0 Å². The molecule has 0 aliphatic heterocycles. The number of nitrogens with one attached hydrogen (secondary N) is 1. The number of sulfone groups is 1. The molecule has 2 rings (SSSR count). The van der Waals surface area contributed by atoms with Crippen molar-refractivity contribution in [1.29, 1.82) is 0 Å². The maximum Gasteiger partial charge on any atom is 0.264 e. The summed E-state index contributed by atoms with van der Waals surface area (Å²) in [6.45, 7) is 0. The maximum atomic E-state index is 12.1. The minimum atomic E-state index is -3.52. The number of terminal acetylenes is 1. The fourth-order valence-corrected chi connectivity index (χ4v) is 2.87. The Morgan fingerprint density at radius 2 is 1.95 bits per heavy atom. The molecule has 21 heavy (non-hydrogen) atoms. The standard InChI is InChI=1S/C15H12N2O3S/c1-2-11-21(19,20)14-6-4-3-5-12(14)7-8-13-9-10-15(18)17-16-13/h1,3-10H,11H2,(H,17,18)/b8-7+. The van der Waals surface area contributed by atoms with Crippen LogP contribution in [0.3, 0.4) is 0 Å². The van der Waals surface area contributed by atoms with Crippen molar-refractivity contribution in [2.75, 3.05) is 5.75 Å². The first kappa shape index (κ1) is 14.8. The van der Waals surface area contributed by atoms with Gasteiger partial charge in [0, 0.05) is 6.07 Å². The lowest BCUT2D eigenvalue weighted by Crippen LogP contribution is -2.07. The van der Waals surface area contributed by atoms with Gasteiger partial charge in [0.05, 0.1) is 10.6 Å². The predicted molar refractivity (Wildman–Crippen MR) is 81.1 cm³/mol. The molecule has 0 unspecified atom stereocenters. The van der Waals surface area contributed by atoms with Gasteiger partial charge in [0.25, 0.3) is 5.56 Å². The summed E-state index contributed by atoms with van der Waals surface area (Å²) in [5.41, 5.74) is 0.726. The lowest BCUT2D eigenvalue weighted by molar-refractivity contribution is 0.599. The Morgan fingerprint density at radius 3 is 2.62 bits per heavy atom. The molecule has 5 nitrogen and oxygen atoms in total. The molecular weight excluding hydrogens is 288 g/mol. The van der Waals surface area contributed by atoms with E-state index in [1.807, 2.05) is 0 Å². The zero-order chi connectivity index (χ0) is 15.3. The largest absolute Gasteiger partial charge is 0.268 e. The topological polar surface area (TPSA) is 79.9 Å². The zero-order valence-corrected chi connectivity index (χ0v) is 11.8. The van der Waals surface area contributed by atoms with Crippen molar-refractivity contribution >= 4 is 22.0 Å². The molecule has 0 fully saturated rings. The van der Waals surface area contributed by atoms with Crippen LogP contribution in [0, 0.1) is 12.3 Å². The normalized spacial score (nSPS) is 11.4. The van der Waals surface area contributed by atoms with Gasteiger partial charge in [-0.25, -0.2) is 13.5 Å². The summed E-state index contributed by atoms with van der Waals surface area (Å²) in [6, 6.07) is 9.42. The van der Waals surface area contributed by atoms with Crippen LogP contribution in [-0.4, -0.2) is 24.4 Å². The van der Waals surface area contributed by atoms with E-state index < -0.39 is 9.84 Å². The van der Waals surface area contributed by atoms with Crippen molar-refractivity contribution in [3.05, 3.63) is 58.0 Å². The minimum absolute atomic E-state index is 0.170. The van der Waals surface area contributed by atoms with E-state index in [9.17, 15) is 13.2 Å². The second-order valence-electron chi connectivity index (χ2n) is 4.18. The van der Waals surface area contributed by atoms with Gasteiger partial charge in [0.1, 0.15) is 5.75 Å². The third kappa shape index (κ3) is 3.68. The summed E-state index contributed by atoms with van der Waals surface area (Å²) in [7, 11) is -3.52. The average Bonchev–Trinajstić information content (AvgIpc) is 2.47. The average molecular weight is 300 g/mol. The fraction of sp³-hybridized carbons (Fsp3) is 0.0667. The molecule has 0 saturated heterocycles. The number of nitrogens with zero attached hydrogens (tertiary/aromatic N) is 1. The number of H-pyrrole nitrogens is 1. The van der Waals surface area contributed by atoms with Crippen LogP contribution in [0.25, 0.3) is 12.2 Å². The van der Waals surface area contributed by atoms with Crippen LogP contribution < -0.4 is 5.56 Å². The summed E-state index contributed by atoms with van der Waals surface area (Å²) in [6.07, 6.45) is 8.32. The predicted octanol–water partition coefficient (Wildman–Crippen LogP) is 1.35. The first-order valence-electron chi connectivity index (χ1n) is 6.02. The number of benzene rings is 1. The molecule has 0 saturated carbocycles. The molecule has 0 aliphatic carbocycles. The first-order valence-corrected chi connectivity index (χ1v) is 7.67. The summed E-state index contributed by atoms with van der Waals surface area (Å²) >= 11 is 0. The van der Waals surface area contributed by atoms with Gasteiger partial charge >= 0.3 is 0 Å². The molecule has 0 amide bonds. The number of hydrogen-bond acceptors (Lipinski definition) is 4. The molecule has 2 aromatic rings. The van der Waals surface area contributed by atoms with Crippen molar-refractivity contribution in [1.82, 2.24) is 10.2 Å². The molecule has 1 heterocycles. The Balaban J connectivity index is 2.40. The van der Waals surface area contributed by atoms with Gasteiger partial charge in [0.15, 0.2) is 9.84 Å². The third-order valence-electron chi connectivity index (χ3n) is 2.66. The minimum Gasteiger partial charge on any atom is -0.268 e. The van der Waals surface area contributed by atoms with Gasteiger partial charge in [0.2, 0.25) is 0 Å². The highest BCUT2D eigenvalue weighted by molar-refractivity contribution is 7.91. The molecule has 6 heteroatoms. The van der Waals surface area contributed by atoms with Crippen LogP contribution >= 0.6 is 0 Å². The SMILES string of the molecule is C#CCS(=O)(=O)c1ccccc1/C=C/c1ccc(=O)[nH]n1. The third-order valence-corrected chi connectivity index (χ3v) is 4.25. The maximum absolute atomic E-state index is 12.1. The van der Waals surface area contributed by atoms with Gasteiger partial charge in [-0.15, -0.1) is 6.42 Å². The fourth-order valence-electron chi connectivity index (χ4n) is 1.71. The van der Waals surface area contributed by atoms with E-state index in [-0.39, 0.29) is 16.2 Å². The van der Waals surface area contributed by atoms with Gasteiger partial charge in [-0.3, -0.25) is 4.79 Å². The van der Waals surface area contributed by atoms with E-state index in [0.29, 0.717) is 11.3 Å². The Hall–Kier alpha value is -2.65. The highest BCUT2D eigenvalue weighted by Gasteiger charge is 2.15. The second-order valence-corrected chi connectivity index (χ2v) is 6.14. The Labute approximate surface area is 122 Å². The van der Waals surface area contributed by atoms with Crippen LogP contribution in [-0.2, 0) is 9.84 Å². The zero-order valence-electron chi connectivity index (χ0n) is 11.0. The summed E-state index contributed by atoms with van der Waals surface area (Å²) in [5.74, 6) is 1.80. The van der Waals surface area contributed by atoms with E-state index in [2.05, 4.69) is 16.1 Å². The second kappa shape index (κ2) is 6.20. The van der Waals surface area contributed by atoms with E-state index >= 15 is 0 Å². The number of aromatic nitrogens is 2. The summed E-state index contributed by atoms with van der Waals surface area (Å²) in [4.78, 5) is 11.1. The van der Waals surface area contributed by atoms with E-state index in [1.165, 1.54) is 18.2 Å². The number of aromatic amines is 1. The van der Waals surface area contributed by atoms with Crippen LogP contribution in [0.1, 0.15) is 11.3 Å².